The molecule has 2 heterocycles. The SMILES string of the molecule is OC(Nc1ccc(C2CNCCO2)cc1Cl)c1ccc(Cl)nc1. The molecule has 0 spiro atoms. The topological polar surface area (TPSA) is 66.4 Å². The molecule has 5 nitrogen and oxygen atoms in total. The fourth-order valence-electron chi connectivity index (χ4n) is 2.41. The van der Waals surface area contributed by atoms with Gasteiger partial charge in [-0.2, -0.15) is 0 Å². The van der Waals surface area contributed by atoms with E-state index in [-0.39, 0.29) is 6.10 Å². The third-order valence-corrected chi connectivity index (χ3v) is 4.19. The van der Waals surface area contributed by atoms with Gasteiger partial charge in [0.2, 0.25) is 0 Å². The summed E-state index contributed by atoms with van der Waals surface area (Å²) < 4.78 is 5.71. The van der Waals surface area contributed by atoms with Crippen molar-refractivity contribution in [1.29, 1.82) is 0 Å². The average Bonchev–Trinajstić information content (AvgIpc) is 2.58. The minimum Gasteiger partial charge on any atom is -0.371 e. The number of nitrogens with zero attached hydrogens (tertiary/aromatic N) is 1. The van der Waals surface area contributed by atoms with Crippen LogP contribution in [0.4, 0.5) is 5.69 Å². The number of rotatable bonds is 4. The summed E-state index contributed by atoms with van der Waals surface area (Å²) in [5.41, 5.74) is 2.26. The molecule has 0 aliphatic carbocycles. The van der Waals surface area contributed by atoms with Crippen LogP contribution in [0.25, 0.3) is 0 Å². The molecule has 2 atom stereocenters. The van der Waals surface area contributed by atoms with Gasteiger partial charge in [-0.15, -0.1) is 0 Å². The van der Waals surface area contributed by atoms with Crippen LogP contribution in [-0.2, 0) is 4.74 Å². The number of hydrogen-bond acceptors (Lipinski definition) is 5. The Morgan fingerprint density at radius 2 is 2.17 bits per heavy atom. The van der Waals surface area contributed by atoms with Gasteiger partial charge < -0.3 is 20.5 Å². The molecule has 0 amide bonds. The number of ether oxygens (including phenoxy) is 1. The molecule has 2 unspecified atom stereocenters. The van der Waals surface area contributed by atoms with Gasteiger partial charge in [0.1, 0.15) is 5.15 Å². The Morgan fingerprint density at radius 1 is 1.30 bits per heavy atom. The number of benzene rings is 1. The monoisotopic (exact) mass is 353 g/mol. The van der Waals surface area contributed by atoms with Crippen LogP contribution in [0, 0.1) is 0 Å². The largest absolute Gasteiger partial charge is 0.371 e. The molecule has 1 aromatic heterocycles. The predicted octanol–water partition coefficient (Wildman–Crippen LogP) is 3.15. The molecule has 0 bridgehead atoms. The highest BCUT2D eigenvalue weighted by Crippen LogP contribution is 2.30. The lowest BCUT2D eigenvalue weighted by Crippen LogP contribution is -2.33. The molecule has 3 rings (SSSR count). The molecular weight excluding hydrogens is 337 g/mol. The summed E-state index contributed by atoms with van der Waals surface area (Å²) in [5.74, 6) is 0. The van der Waals surface area contributed by atoms with Gasteiger partial charge in [-0.05, 0) is 29.8 Å². The molecule has 23 heavy (non-hydrogen) atoms. The Balaban J connectivity index is 1.71. The Morgan fingerprint density at radius 3 is 2.83 bits per heavy atom. The second-order valence-corrected chi connectivity index (χ2v) is 6.06. The second-order valence-electron chi connectivity index (χ2n) is 5.26. The third-order valence-electron chi connectivity index (χ3n) is 3.65. The van der Waals surface area contributed by atoms with Crippen LogP contribution in [0.2, 0.25) is 10.2 Å². The van der Waals surface area contributed by atoms with Crippen molar-refractivity contribution in [3.63, 3.8) is 0 Å². The van der Waals surface area contributed by atoms with E-state index in [1.807, 2.05) is 18.2 Å². The number of aromatic nitrogens is 1. The maximum absolute atomic E-state index is 10.2. The molecule has 7 heteroatoms. The number of aliphatic hydroxyl groups is 1. The summed E-state index contributed by atoms with van der Waals surface area (Å²) in [5, 5.41) is 17.4. The normalized spacial score (nSPS) is 19.3. The van der Waals surface area contributed by atoms with E-state index >= 15 is 0 Å². The maximum atomic E-state index is 10.2. The number of hydrogen-bond donors (Lipinski definition) is 3. The van der Waals surface area contributed by atoms with Gasteiger partial charge in [0.15, 0.2) is 6.23 Å². The molecule has 1 aromatic carbocycles. The molecule has 0 saturated carbocycles. The summed E-state index contributed by atoms with van der Waals surface area (Å²) in [6.07, 6.45) is 0.598. The summed E-state index contributed by atoms with van der Waals surface area (Å²) in [6.45, 7) is 2.32. The molecule has 2 aromatic rings. The van der Waals surface area contributed by atoms with E-state index < -0.39 is 6.23 Å². The average molecular weight is 354 g/mol. The lowest BCUT2D eigenvalue weighted by molar-refractivity contribution is 0.0277. The first-order chi connectivity index (χ1) is 11.1. The number of morpholine rings is 1. The lowest BCUT2D eigenvalue weighted by Gasteiger charge is -2.24. The van der Waals surface area contributed by atoms with Gasteiger partial charge >= 0.3 is 0 Å². The zero-order chi connectivity index (χ0) is 16.2. The van der Waals surface area contributed by atoms with Gasteiger partial charge in [0.25, 0.3) is 0 Å². The standard InChI is InChI=1S/C16H17Cl2N3O2/c17-12-7-10(14-9-19-5-6-23-14)1-3-13(12)21-16(22)11-2-4-15(18)20-8-11/h1-4,7-8,14,16,19,21-22H,5-6,9H2. The molecule has 1 aliphatic heterocycles. The molecule has 3 N–H and O–H groups in total. The van der Waals surface area contributed by atoms with Crippen molar-refractivity contribution in [2.75, 3.05) is 25.0 Å². The molecule has 0 radical (unpaired) electrons. The van der Waals surface area contributed by atoms with Crippen molar-refractivity contribution >= 4 is 28.9 Å². The Bertz CT molecular complexity index is 661. The van der Waals surface area contributed by atoms with Crippen molar-refractivity contribution in [2.45, 2.75) is 12.3 Å². The van der Waals surface area contributed by atoms with Crippen LogP contribution < -0.4 is 10.6 Å². The van der Waals surface area contributed by atoms with Crippen molar-refractivity contribution in [1.82, 2.24) is 10.3 Å². The van der Waals surface area contributed by atoms with E-state index in [1.165, 1.54) is 6.20 Å². The van der Waals surface area contributed by atoms with Crippen LogP contribution in [0.3, 0.4) is 0 Å². The first-order valence-electron chi connectivity index (χ1n) is 7.31. The lowest BCUT2D eigenvalue weighted by atomic mass is 10.1. The molecule has 1 fully saturated rings. The number of nitrogens with one attached hydrogen (secondary N) is 2. The van der Waals surface area contributed by atoms with Gasteiger partial charge in [0.05, 0.1) is 23.4 Å². The minimum atomic E-state index is -0.921. The highest BCUT2D eigenvalue weighted by molar-refractivity contribution is 6.33. The van der Waals surface area contributed by atoms with E-state index in [9.17, 15) is 5.11 Å². The fourth-order valence-corrected chi connectivity index (χ4v) is 2.76. The van der Waals surface area contributed by atoms with Crippen molar-refractivity contribution in [3.05, 3.63) is 57.8 Å². The highest BCUT2D eigenvalue weighted by atomic mass is 35.5. The molecule has 122 valence electrons. The molecule has 1 aliphatic rings. The number of anilines is 1. The maximum Gasteiger partial charge on any atom is 0.152 e. The summed E-state index contributed by atoms with van der Waals surface area (Å²) >= 11 is 12.1. The smallest absolute Gasteiger partial charge is 0.152 e. The highest BCUT2D eigenvalue weighted by Gasteiger charge is 2.17. The minimum absolute atomic E-state index is 0.000638. The quantitative estimate of drug-likeness (QED) is 0.582. The Kier molecular flexibility index (Phi) is 5.35. The van der Waals surface area contributed by atoms with Crippen molar-refractivity contribution in [3.8, 4) is 0 Å². The third kappa shape index (κ3) is 4.13. The van der Waals surface area contributed by atoms with E-state index in [2.05, 4.69) is 15.6 Å². The fraction of sp³-hybridized carbons (Fsp3) is 0.312. The molecular formula is C16H17Cl2N3O2. The number of pyridine rings is 1. The van der Waals surface area contributed by atoms with E-state index in [0.717, 1.165) is 18.7 Å². The van der Waals surface area contributed by atoms with Gasteiger partial charge in [-0.3, -0.25) is 0 Å². The van der Waals surface area contributed by atoms with Crippen LogP contribution in [0.15, 0.2) is 36.5 Å². The van der Waals surface area contributed by atoms with Gasteiger partial charge in [0, 0.05) is 24.8 Å². The zero-order valence-electron chi connectivity index (χ0n) is 12.3. The van der Waals surface area contributed by atoms with Gasteiger partial charge in [-0.25, -0.2) is 4.98 Å². The number of halogens is 2. The van der Waals surface area contributed by atoms with E-state index in [0.29, 0.717) is 28.0 Å². The van der Waals surface area contributed by atoms with E-state index in [1.54, 1.807) is 12.1 Å². The first kappa shape index (κ1) is 16.5. The predicted molar refractivity (Wildman–Crippen MR) is 90.8 cm³/mol. The summed E-state index contributed by atoms with van der Waals surface area (Å²) in [6, 6.07) is 8.96. The van der Waals surface area contributed by atoms with Gasteiger partial charge in [-0.1, -0.05) is 29.3 Å². The first-order valence-corrected chi connectivity index (χ1v) is 8.07. The summed E-state index contributed by atoms with van der Waals surface area (Å²) in [4.78, 5) is 3.95. The Labute approximate surface area is 144 Å². The van der Waals surface area contributed by atoms with Crippen LogP contribution in [-0.4, -0.2) is 29.8 Å². The van der Waals surface area contributed by atoms with Crippen LogP contribution in [0.5, 0.6) is 0 Å². The van der Waals surface area contributed by atoms with Crippen molar-refractivity contribution < 1.29 is 9.84 Å². The zero-order valence-corrected chi connectivity index (χ0v) is 13.8. The second kappa shape index (κ2) is 7.47. The Hall–Kier alpha value is -1.37. The number of aliphatic hydroxyl groups excluding tert-OH is 1. The van der Waals surface area contributed by atoms with E-state index in [4.69, 9.17) is 27.9 Å². The molecule has 1 saturated heterocycles. The summed E-state index contributed by atoms with van der Waals surface area (Å²) in [7, 11) is 0. The van der Waals surface area contributed by atoms with Crippen LogP contribution in [0.1, 0.15) is 23.5 Å². The van der Waals surface area contributed by atoms with Crippen molar-refractivity contribution in [2.24, 2.45) is 0 Å². The van der Waals surface area contributed by atoms with Crippen LogP contribution >= 0.6 is 23.2 Å².